The summed E-state index contributed by atoms with van der Waals surface area (Å²) in [6.45, 7) is 0. The van der Waals surface area contributed by atoms with Gasteiger partial charge in [-0.05, 0) is 41.6 Å². The Balaban J connectivity index is 1.70. The second-order valence-electron chi connectivity index (χ2n) is 6.37. The van der Waals surface area contributed by atoms with Crippen molar-refractivity contribution in [2.24, 2.45) is 29.6 Å². The number of hydrogen-bond acceptors (Lipinski definition) is 1. The molecule has 0 unspecified atom stereocenters. The van der Waals surface area contributed by atoms with Crippen LogP contribution in [0.4, 0.5) is 0 Å². The molecule has 5 fully saturated rings. The van der Waals surface area contributed by atoms with Crippen LogP contribution in [0.5, 0.6) is 0 Å². The van der Waals surface area contributed by atoms with Gasteiger partial charge in [-0.25, -0.2) is 0 Å². The molecule has 0 spiro atoms. The Kier molecular flexibility index (Phi) is 1.49. The highest BCUT2D eigenvalue weighted by molar-refractivity contribution is 9.09. The fraction of sp³-hybridized carbons (Fsp3) is 0.600. The van der Waals surface area contributed by atoms with E-state index < -0.39 is 0 Å². The van der Waals surface area contributed by atoms with Crippen LogP contribution in [0.1, 0.15) is 12.0 Å². The summed E-state index contributed by atoms with van der Waals surface area (Å²) >= 11 is 3.98. The van der Waals surface area contributed by atoms with E-state index in [4.69, 9.17) is 0 Å². The van der Waals surface area contributed by atoms with Crippen molar-refractivity contribution in [2.75, 3.05) is 0 Å². The van der Waals surface area contributed by atoms with Gasteiger partial charge >= 0.3 is 0 Å². The Morgan fingerprint density at radius 2 is 1.88 bits per heavy atom. The van der Waals surface area contributed by atoms with E-state index in [0.717, 1.165) is 30.1 Å². The highest BCUT2D eigenvalue weighted by Crippen LogP contribution is 2.88. The van der Waals surface area contributed by atoms with Crippen LogP contribution >= 0.6 is 15.9 Å². The van der Waals surface area contributed by atoms with E-state index in [1.165, 1.54) is 5.56 Å². The van der Waals surface area contributed by atoms with Crippen LogP contribution in [0.25, 0.3) is 0 Å². The summed E-state index contributed by atoms with van der Waals surface area (Å²) in [7, 11) is 0. The molecule has 0 aliphatic heterocycles. The summed E-state index contributed by atoms with van der Waals surface area (Å²) in [6.07, 6.45) is 1.05. The smallest absolute Gasteiger partial charge is 0.0577 e. The van der Waals surface area contributed by atoms with Crippen molar-refractivity contribution in [3.05, 3.63) is 35.9 Å². The SMILES string of the molecule is O[C@H]1C[C@H]2[C@H]3[C@@H]1[C@H]1[C@@H]2[C@@]1(c1ccccc1)[C@H]3Br. The number of rotatable bonds is 1. The van der Waals surface area contributed by atoms with Crippen molar-refractivity contribution in [1.29, 1.82) is 0 Å². The molecular formula is C15H15BrO. The molecular weight excluding hydrogens is 276 g/mol. The Morgan fingerprint density at radius 1 is 1.12 bits per heavy atom. The quantitative estimate of drug-likeness (QED) is 0.789. The van der Waals surface area contributed by atoms with Crippen molar-refractivity contribution in [2.45, 2.75) is 22.8 Å². The van der Waals surface area contributed by atoms with Crippen LogP contribution in [0, 0.1) is 29.6 Å². The molecule has 5 saturated carbocycles. The van der Waals surface area contributed by atoms with Gasteiger partial charge in [-0.1, -0.05) is 46.3 Å². The fourth-order valence-corrected chi connectivity index (χ4v) is 7.63. The molecule has 2 heteroatoms. The molecule has 6 bridgehead atoms. The van der Waals surface area contributed by atoms with Gasteiger partial charge in [0.1, 0.15) is 0 Å². The molecule has 5 aliphatic rings. The van der Waals surface area contributed by atoms with Crippen LogP contribution in [0.3, 0.4) is 0 Å². The lowest BCUT2D eigenvalue weighted by Gasteiger charge is -2.18. The normalized spacial score (nSPS) is 60.9. The molecule has 88 valence electrons. The van der Waals surface area contributed by atoms with Gasteiger partial charge in [0, 0.05) is 10.2 Å². The van der Waals surface area contributed by atoms with Crippen molar-refractivity contribution in [3.63, 3.8) is 0 Å². The predicted octanol–water partition coefficient (Wildman–Crippen LogP) is 2.57. The molecule has 0 amide bonds. The number of hydrogen-bond donors (Lipinski definition) is 1. The van der Waals surface area contributed by atoms with Crippen LogP contribution in [0.2, 0.25) is 0 Å². The van der Waals surface area contributed by atoms with Crippen LogP contribution in [-0.4, -0.2) is 16.0 Å². The van der Waals surface area contributed by atoms with Gasteiger partial charge < -0.3 is 5.11 Å². The number of benzene rings is 1. The summed E-state index contributed by atoms with van der Waals surface area (Å²) in [6, 6.07) is 11.0. The zero-order valence-electron chi connectivity index (χ0n) is 9.46. The Morgan fingerprint density at radius 3 is 2.53 bits per heavy atom. The van der Waals surface area contributed by atoms with Crippen molar-refractivity contribution >= 4 is 15.9 Å². The van der Waals surface area contributed by atoms with Gasteiger partial charge in [0.2, 0.25) is 0 Å². The van der Waals surface area contributed by atoms with E-state index in [1.807, 2.05) is 0 Å². The summed E-state index contributed by atoms with van der Waals surface area (Å²) in [5.41, 5.74) is 1.90. The topological polar surface area (TPSA) is 20.2 Å². The largest absolute Gasteiger partial charge is 0.393 e. The average Bonchev–Trinajstić information content (AvgIpc) is 2.56. The number of aliphatic hydroxyl groups is 1. The molecule has 5 aliphatic carbocycles. The third kappa shape index (κ3) is 0.769. The summed E-state index contributed by atoms with van der Waals surface area (Å²) in [5.74, 6) is 3.78. The number of halogens is 1. The first kappa shape index (κ1) is 9.57. The maximum absolute atomic E-state index is 10.2. The minimum Gasteiger partial charge on any atom is -0.393 e. The Bertz CT molecular complexity index is 497. The standard InChI is InChI=1S/C15H15BrO/c16-14-10-8-6-9(17)11(10)13-12(8)15(13,14)7-4-2-1-3-5-7/h1-5,8-14,17H,6H2/t8-,9-,10-,11+,12+,13-,14-,15+/m0/s1. The first-order valence-electron chi connectivity index (χ1n) is 6.65. The van der Waals surface area contributed by atoms with Gasteiger partial charge in [-0.3, -0.25) is 0 Å². The lowest BCUT2D eigenvalue weighted by molar-refractivity contribution is 0.104. The monoisotopic (exact) mass is 290 g/mol. The van der Waals surface area contributed by atoms with Crippen molar-refractivity contribution in [1.82, 2.24) is 0 Å². The number of aliphatic hydroxyl groups excluding tert-OH is 1. The van der Waals surface area contributed by atoms with Gasteiger partial charge in [-0.2, -0.15) is 0 Å². The Hall–Kier alpha value is -0.340. The highest BCUT2D eigenvalue weighted by atomic mass is 79.9. The van der Waals surface area contributed by atoms with Gasteiger partial charge in [-0.15, -0.1) is 0 Å². The maximum atomic E-state index is 10.2. The third-order valence-corrected chi connectivity index (χ3v) is 7.59. The molecule has 6 rings (SSSR count). The first-order chi connectivity index (χ1) is 8.28. The van der Waals surface area contributed by atoms with Crippen molar-refractivity contribution < 1.29 is 5.11 Å². The van der Waals surface area contributed by atoms with Crippen molar-refractivity contribution in [3.8, 4) is 0 Å². The molecule has 1 aromatic carbocycles. The van der Waals surface area contributed by atoms with Gasteiger partial charge in [0.15, 0.2) is 0 Å². The molecule has 0 heterocycles. The second-order valence-corrected chi connectivity index (χ2v) is 7.36. The second kappa shape index (κ2) is 2.65. The highest BCUT2D eigenvalue weighted by Gasteiger charge is 2.89. The van der Waals surface area contributed by atoms with E-state index in [2.05, 4.69) is 46.3 Å². The van der Waals surface area contributed by atoms with Crippen LogP contribution in [-0.2, 0) is 5.41 Å². The van der Waals surface area contributed by atoms with Crippen LogP contribution in [0.15, 0.2) is 30.3 Å². The molecule has 0 aromatic heterocycles. The van der Waals surface area contributed by atoms with Gasteiger partial charge in [0.05, 0.1) is 6.10 Å². The van der Waals surface area contributed by atoms with Crippen LogP contribution < -0.4 is 0 Å². The zero-order valence-corrected chi connectivity index (χ0v) is 11.0. The summed E-state index contributed by atoms with van der Waals surface area (Å²) in [4.78, 5) is 0.611. The minimum atomic E-state index is -0.0145. The fourth-order valence-electron chi connectivity index (χ4n) is 6.01. The molecule has 1 nitrogen and oxygen atoms in total. The molecule has 1 aromatic rings. The lowest BCUT2D eigenvalue weighted by atomic mass is 9.93. The van der Waals surface area contributed by atoms with E-state index >= 15 is 0 Å². The molecule has 1 N–H and O–H groups in total. The Labute approximate surface area is 109 Å². The zero-order chi connectivity index (χ0) is 11.4. The predicted molar refractivity (Wildman–Crippen MR) is 68.9 cm³/mol. The van der Waals surface area contributed by atoms with E-state index in [-0.39, 0.29) is 6.10 Å². The minimum absolute atomic E-state index is 0.0145. The average molecular weight is 291 g/mol. The molecule has 0 radical (unpaired) electrons. The number of alkyl halides is 1. The van der Waals surface area contributed by atoms with Gasteiger partial charge in [0.25, 0.3) is 0 Å². The molecule has 0 saturated heterocycles. The molecule has 17 heavy (non-hydrogen) atoms. The third-order valence-electron chi connectivity index (χ3n) is 6.22. The lowest BCUT2D eigenvalue weighted by Crippen LogP contribution is -2.20. The summed E-state index contributed by atoms with van der Waals surface area (Å²) < 4.78 is 0. The van der Waals surface area contributed by atoms with E-state index in [9.17, 15) is 5.11 Å². The first-order valence-corrected chi connectivity index (χ1v) is 7.57. The van der Waals surface area contributed by atoms with E-state index in [0.29, 0.717) is 16.2 Å². The maximum Gasteiger partial charge on any atom is 0.0577 e. The molecule has 8 atom stereocenters. The van der Waals surface area contributed by atoms with E-state index in [1.54, 1.807) is 0 Å². The summed E-state index contributed by atoms with van der Waals surface area (Å²) in [5, 5.41) is 10.2.